The molecule has 0 saturated carbocycles. The number of carbonyl (C=O) groups is 2. The van der Waals surface area contributed by atoms with Gasteiger partial charge in [-0.15, -0.1) is 0 Å². The SMILES string of the molecule is CC(=CC(=O)Nc1cc(Nc2ccccc2)ccc1C(=O)O)c1ccc2ccccc2c1. The minimum atomic E-state index is -1.11. The van der Waals surface area contributed by atoms with Crippen LogP contribution in [0.25, 0.3) is 16.3 Å². The van der Waals surface area contributed by atoms with E-state index in [0.717, 1.165) is 27.6 Å². The summed E-state index contributed by atoms with van der Waals surface area (Å²) in [6.45, 7) is 1.86. The Hall–Kier alpha value is -4.38. The number of hydrogen-bond donors (Lipinski definition) is 3. The zero-order chi connectivity index (χ0) is 22.5. The molecular weight excluding hydrogens is 400 g/mol. The molecule has 0 radical (unpaired) electrons. The van der Waals surface area contributed by atoms with E-state index in [4.69, 9.17) is 0 Å². The first kappa shape index (κ1) is 20.9. The number of nitrogens with one attached hydrogen (secondary N) is 2. The smallest absolute Gasteiger partial charge is 0.337 e. The third-order valence-electron chi connectivity index (χ3n) is 5.12. The van der Waals surface area contributed by atoms with E-state index in [2.05, 4.69) is 10.6 Å². The van der Waals surface area contributed by atoms with E-state index in [-0.39, 0.29) is 11.3 Å². The number of hydrogen-bond acceptors (Lipinski definition) is 3. The van der Waals surface area contributed by atoms with Gasteiger partial charge < -0.3 is 15.7 Å². The second-order valence-corrected chi connectivity index (χ2v) is 7.44. The van der Waals surface area contributed by atoms with Crippen molar-refractivity contribution in [2.45, 2.75) is 6.92 Å². The van der Waals surface area contributed by atoms with Crippen LogP contribution in [0.3, 0.4) is 0 Å². The number of rotatable bonds is 6. The molecule has 32 heavy (non-hydrogen) atoms. The number of carboxylic acids is 1. The number of para-hydroxylation sites is 1. The molecule has 0 spiro atoms. The third kappa shape index (κ3) is 4.84. The summed E-state index contributed by atoms with van der Waals surface area (Å²) in [5.41, 5.74) is 3.49. The Morgan fingerprint density at radius 1 is 0.781 bits per heavy atom. The lowest BCUT2D eigenvalue weighted by atomic mass is 10.0. The summed E-state index contributed by atoms with van der Waals surface area (Å²) in [6, 6.07) is 28.3. The van der Waals surface area contributed by atoms with E-state index in [9.17, 15) is 14.7 Å². The standard InChI is InChI=1S/C27H22N2O3/c1-18(20-12-11-19-7-5-6-8-21(19)16-20)15-26(30)29-25-17-23(13-14-24(25)27(31)32)28-22-9-3-2-4-10-22/h2-17,28H,1H3,(H,29,30)(H,31,32). The van der Waals surface area contributed by atoms with Crippen LogP contribution in [0.1, 0.15) is 22.8 Å². The molecule has 0 bridgehead atoms. The van der Waals surface area contributed by atoms with Crippen molar-refractivity contribution in [3.8, 4) is 0 Å². The number of fused-ring (bicyclic) bond motifs is 1. The number of carboxylic acid groups (broad SMARTS) is 1. The molecule has 4 aromatic carbocycles. The molecule has 4 aromatic rings. The normalized spacial score (nSPS) is 11.2. The molecule has 0 unspecified atom stereocenters. The van der Waals surface area contributed by atoms with Crippen LogP contribution in [0.5, 0.6) is 0 Å². The highest BCUT2D eigenvalue weighted by molar-refractivity contribution is 6.08. The monoisotopic (exact) mass is 422 g/mol. The van der Waals surface area contributed by atoms with E-state index in [1.165, 1.54) is 12.1 Å². The Kier molecular flexibility index (Phi) is 5.99. The van der Waals surface area contributed by atoms with Crippen molar-refractivity contribution < 1.29 is 14.7 Å². The van der Waals surface area contributed by atoms with E-state index in [1.807, 2.05) is 79.7 Å². The Labute approximate surface area is 186 Å². The lowest BCUT2D eigenvalue weighted by Gasteiger charge is -2.12. The van der Waals surface area contributed by atoms with Gasteiger partial charge in [0.1, 0.15) is 0 Å². The average molecular weight is 422 g/mol. The first-order valence-electron chi connectivity index (χ1n) is 10.2. The van der Waals surface area contributed by atoms with Crippen LogP contribution in [0.4, 0.5) is 17.1 Å². The fourth-order valence-electron chi connectivity index (χ4n) is 3.48. The van der Waals surface area contributed by atoms with Crippen molar-refractivity contribution in [2.24, 2.45) is 0 Å². The Morgan fingerprint density at radius 2 is 1.50 bits per heavy atom. The summed E-state index contributed by atoms with van der Waals surface area (Å²) in [6.07, 6.45) is 1.48. The van der Waals surface area contributed by atoms with Gasteiger partial charge in [0.2, 0.25) is 5.91 Å². The molecule has 5 heteroatoms. The van der Waals surface area contributed by atoms with E-state index in [0.29, 0.717) is 5.69 Å². The van der Waals surface area contributed by atoms with Crippen LogP contribution in [-0.4, -0.2) is 17.0 Å². The van der Waals surface area contributed by atoms with Gasteiger partial charge in [0.15, 0.2) is 0 Å². The Bertz CT molecular complexity index is 1330. The predicted molar refractivity (Wildman–Crippen MR) is 129 cm³/mol. The van der Waals surface area contributed by atoms with E-state index >= 15 is 0 Å². The maximum absolute atomic E-state index is 12.7. The number of aromatic carboxylic acids is 1. The Balaban J connectivity index is 1.57. The minimum Gasteiger partial charge on any atom is -0.478 e. The molecule has 0 fully saturated rings. The number of benzene rings is 4. The molecular formula is C27H22N2O3. The van der Waals surface area contributed by atoms with Crippen LogP contribution in [-0.2, 0) is 4.79 Å². The quantitative estimate of drug-likeness (QED) is 0.318. The van der Waals surface area contributed by atoms with Gasteiger partial charge in [-0.1, -0.05) is 54.6 Å². The van der Waals surface area contributed by atoms with Crippen molar-refractivity contribution >= 4 is 45.3 Å². The number of carbonyl (C=O) groups excluding carboxylic acids is 1. The molecule has 0 aliphatic rings. The summed E-state index contributed by atoms with van der Waals surface area (Å²) >= 11 is 0. The summed E-state index contributed by atoms with van der Waals surface area (Å²) in [5.74, 6) is -1.50. The van der Waals surface area contributed by atoms with Gasteiger partial charge in [-0.05, 0) is 65.2 Å². The Morgan fingerprint density at radius 3 is 2.25 bits per heavy atom. The highest BCUT2D eigenvalue weighted by atomic mass is 16.4. The van der Waals surface area contributed by atoms with Gasteiger partial charge in [-0.2, -0.15) is 0 Å². The molecule has 5 nitrogen and oxygen atoms in total. The maximum atomic E-state index is 12.7. The highest BCUT2D eigenvalue weighted by Gasteiger charge is 2.13. The van der Waals surface area contributed by atoms with Crippen LogP contribution < -0.4 is 10.6 Å². The number of anilines is 3. The van der Waals surface area contributed by atoms with Gasteiger partial charge in [-0.25, -0.2) is 4.79 Å². The largest absolute Gasteiger partial charge is 0.478 e. The second-order valence-electron chi connectivity index (χ2n) is 7.44. The molecule has 1 amide bonds. The molecule has 0 aliphatic heterocycles. The molecule has 0 atom stereocenters. The van der Waals surface area contributed by atoms with Gasteiger partial charge in [0, 0.05) is 17.5 Å². The topological polar surface area (TPSA) is 78.4 Å². The van der Waals surface area contributed by atoms with Crippen LogP contribution in [0, 0.1) is 0 Å². The summed E-state index contributed by atoms with van der Waals surface area (Å²) < 4.78 is 0. The van der Waals surface area contributed by atoms with Crippen molar-refractivity contribution in [2.75, 3.05) is 10.6 Å². The predicted octanol–water partition coefficient (Wildman–Crippen LogP) is 6.32. The minimum absolute atomic E-state index is 0.0220. The fourth-order valence-corrected chi connectivity index (χ4v) is 3.48. The van der Waals surface area contributed by atoms with Crippen LogP contribution in [0.15, 0.2) is 97.1 Å². The first-order chi connectivity index (χ1) is 15.5. The van der Waals surface area contributed by atoms with Crippen molar-refractivity contribution in [3.05, 3.63) is 108 Å². The average Bonchev–Trinajstić information content (AvgIpc) is 2.79. The van der Waals surface area contributed by atoms with E-state index in [1.54, 1.807) is 12.1 Å². The number of amides is 1. The third-order valence-corrected chi connectivity index (χ3v) is 5.12. The van der Waals surface area contributed by atoms with Crippen molar-refractivity contribution in [1.82, 2.24) is 0 Å². The van der Waals surface area contributed by atoms with Gasteiger partial charge in [0.25, 0.3) is 0 Å². The molecule has 158 valence electrons. The summed E-state index contributed by atoms with van der Waals surface area (Å²) in [5, 5.41) is 17.7. The molecule has 4 rings (SSSR count). The fraction of sp³-hybridized carbons (Fsp3) is 0.0370. The molecule has 0 saturated heterocycles. The van der Waals surface area contributed by atoms with Crippen molar-refractivity contribution in [3.63, 3.8) is 0 Å². The van der Waals surface area contributed by atoms with E-state index < -0.39 is 11.9 Å². The van der Waals surface area contributed by atoms with Gasteiger partial charge in [-0.3, -0.25) is 4.79 Å². The number of allylic oxidation sites excluding steroid dienone is 1. The second kappa shape index (κ2) is 9.18. The molecule has 0 heterocycles. The molecule has 0 aromatic heterocycles. The van der Waals surface area contributed by atoms with Crippen LogP contribution in [0.2, 0.25) is 0 Å². The van der Waals surface area contributed by atoms with Gasteiger partial charge >= 0.3 is 5.97 Å². The summed E-state index contributed by atoms with van der Waals surface area (Å²) in [4.78, 5) is 24.4. The van der Waals surface area contributed by atoms with Gasteiger partial charge in [0.05, 0.1) is 11.3 Å². The highest BCUT2D eigenvalue weighted by Crippen LogP contribution is 2.25. The molecule has 0 aliphatic carbocycles. The van der Waals surface area contributed by atoms with Crippen molar-refractivity contribution in [1.29, 1.82) is 0 Å². The first-order valence-corrected chi connectivity index (χ1v) is 10.2. The maximum Gasteiger partial charge on any atom is 0.337 e. The molecule has 3 N–H and O–H groups in total. The lowest BCUT2D eigenvalue weighted by molar-refractivity contribution is -0.111. The lowest BCUT2D eigenvalue weighted by Crippen LogP contribution is -2.13. The zero-order valence-electron chi connectivity index (χ0n) is 17.5. The summed E-state index contributed by atoms with van der Waals surface area (Å²) in [7, 11) is 0. The zero-order valence-corrected chi connectivity index (χ0v) is 17.5. The van der Waals surface area contributed by atoms with Crippen LogP contribution >= 0.6 is 0 Å².